The van der Waals surface area contributed by atoms with E-state index < -0.39 is 0 Å². The van der Waals surface area contributed by atoms with Gasteiger partial charge in [-0.25, -0.2) is 0 Å². The molecule has 2 heterocycles. The second-order valence-electron chi connectivity index (χ2n) is 7.08. The fourth-order valence-electron chi connectivity index (χ4n) is 3.49. The zero-order valence-electron chi connectivity index (χ0n) is 15.8. The Morgan fingerprint density at radius 2 is 1.89 bits per heavy atom. The van der Waals surface area contributed by atoms with Crippen LogP contribution in [0.3, 0.4) is 0 Å². The van der Waals surface area contributed by atoms with Crippen LogP contribution in [0.15, 0.2) is 54.6 Å². The summed E-state index contributed by atoms with van der Waals surface area (Å²) in [5.74, 6) is 0. The summed E-state index contributed by atoms with van der Waals surface area (Å²) in [6, 6.07) is 18.7. The summed E-state index contributed by atoms with van der Waals surface area (Å²) in [5.41, 5.74) is 5.53. The third kappa shape index (κ3) is 4.43. The molecule has 0 radical (unpaired) electrons. The van der Waals surface area contributed by atoms with Crippen LogP contribution in [0.1, 0.15) is 29.7 Å². The minimum absolute atomic E-state index is 0.326. The van der Waals surface area contributed by atoms with Gasteiger partial charge in [-0.3, -0.25) is 0 Å². The molecule has 1 fully saturated rings. The summed E-state index contributed by atoms with van der Waals surface area (Å²) in [6.07, 6.45) is 2.62. The smallest absolute Gasteiger partial charge is 0.117 e. The van der Waals surface area contributed by atoms with E-state index in [9.17, 15) is 0 Å². The number of nitrogens with zero attached hydrogens (tertiary/aromatic N) is 3. The number of aryl methyl sites for hydroxylation is 1. The van der Waals surface area contributed by atoms with Gasteiger partial charge in [-0.2, -0.15) is 15.0 Å². The lowest BCUT2D eigenvalue weighted by molar-refractivity contribution is 0.110. The predicted octanol–water partition coefficient (Wildman–Crippen LogP) is 3.57. The van der Waals surface area contributed by atoms with E-state index in [4.69, 9.17) is 14.9 Å². The molecule has 2 aromatic carbocycles. The molecule has 140 valence electrons. The second kappa shape index (κ2) is 8.46. The number of rotatable bonds is 7. The number of benzene rings is 2. The van der Waals surface area contributed by atoms with Gasteiger partial charge >= 0.3 is 0 Å². The molecule has 1 atom stereocenters. The van der Waals surface area contributed by atoms with Crippen molar-refractivity contribution in [2.24, 2.45) is 0 Å². The molecule has 0 amide bonds. The molecule has 27 heavy (non-hydrogen) atoms. The topological polar surface area (TPSA) is 52.0 Å². The fraction of sp³-hybridized carbons (Fsp3) is 0.364. The van der Waals surface area contributed by atoms with E-state index in [1.165, 1.54) is 11.1 Å². The van der Waals surface area contributed by atoms with Crippen molar-refractivity contribution >= 4 is 0 Å². The van der Waals surface area contributed by atoms with Gasteiger partial charge in [0.1, 0.15) is 11.4 Å². The van der Waals surface area contributed by atoms with Gasteiger partial charge in [-0.1, -0.05) is 54.6 Å². The predicted molar refractivity (Wildman–Crippen MR) is 106 cm³/mol. The Morgan fingerprint density at radius 3 is 2.67 bits per heavy atom. The lowest BCUT2D eigenvalue weighted by Crippen LogP contribution is -2.26. The Morgan fingerprint density at radius 1 is 1.07 bits per heavy atom. The summed E-state index contributed by atoms with van der Waals surface area (Å²) in [5, 5.41) is 13.1. The van der Waals surface area contributed by atoms with Gasteiger partial charge < -0.3 is 10.1 Å². The van der Waals surface area contributed by atoms with Gasteiger partial charge in [-0.05, 0) is 30.9 Å². The summed E-state index contributed by atoms with van der Waals surface area (Å²) in [4.78, 5) is 1.81. The molecular weight excluding hydrogens is 336 g/mol. The van der Waals surface area contributed by atoms with Crippen LogP contribution in [0.4, 0.5) is 0 Å². The quantitative estimate of drug-likeness (QED) is 0.698. The molecule has 4 rings (SSSR count). The standard InChI is InChI=1S/C22H26N4O/c1-17-8-5-6-11-19(17)16-26-24-21(15-23-14-20-12-7-13-27-20)22(25-26)18-9-3-2-4-10-18/h2-6,8-11,20,23H,7,12-16H2,1H3/t20-/m0/s1. The zero-order chi connectivity index (χ0) is 18.5. The zero-order valence-corrected chi connectivity index (χ0v) is 15.8. The van der Waals surface area contributed by atoms with Crippen molar-refractivity contribution in [3.8, 4) is 11.3 Å². The van der Waals surface area contributed by atoms with Gasteiger partial charge in [0.05, 0.1) is 12.6 Å². The van der Waals surface area contributed by atoms with Gasteiger partial charge in [0, 0.05) is 25.3 Å². The fourth-order valence-corrected chi connectivity index (χ4v) is 3.49. The highest BCUT2D eigenvalue weighted by Crippen LogP contribution is 2.21. The van der Waals surface area contributed by atoms with Gasteiger partial charge in [0.2, 0.25) is 0 Å². The highest BCUT2D eigenvalue weighted by Gasteiger charge is 2.17. The Hall–Kier alpha value is -2.50. The van der Waals surface area contributed by atoms with Crippen LogP contribution in [0, 0.1) is 6.92 Å². The van der Waals surface area contributed by atoms with Crippen molar-refractivity contribution < 1.29 is 4.74 Å². The maximum Gasteiger partial charge on any atom is 0.117 e. The first kappa shape index (κ1) is 17.9. The van der Waals surface area contributed by atoms with Crippen LogP contribution < -0.4 is 5.32 Å². The van der Waals surface area contributed by atoms with E-state index in [0.717, 1.165) is 42.9 Å². The third-order valence-corrected chi connectivity index (χ3v) is 5.03. The normalized spacial score (nSPS) is 16.7. The SMILES string of the molecule is Cc1ccccc1Cn1nc(CNC[C@@H]2CCCO2)c(-c2ccccc2)n1. The largest absolute Gasteiger partial charge is 0.377 e. The van der Waals surface area contributed by atoms with Crippen LogP contribution in [0.5, 0.6) is 0 Å². The first-order valence-corrected chi connectivity index (χ1v) is 9.66. The van der Waals surface area contributed by atoms with Crippen LogP contribution in [0.25, 0.3) is 11.3 Å². The van der Waals surface area contributed by atoms with Crippen LogP contribution in [-0.4, -0.2) is 34.2 Å². The van der Waals surface area contributed by atoms with E-state index >= 15 is 0 Å². The maximum atomic E-state index is 5.70. The van der Waals surface area contributed by atoms with Crippen LogP contribution in [0.2, 0.25) is 0 Å². The molecule has 0 aliphatic carbocycles. The minimum Gasteiger partial charge on any atom is -0.377 e. The molecule has 1 aliphatic rings. The number of hydrogen-bond acceptors (Lipinski definition) is 4. The minimum atomic E-state index is 0.326. The molecule has 5 heteroatoms. The van der Waals surface area contributed by atoms with E-state index in [1.807, 2.05) is 23.0 Å². The van der Waals surface area contributed by atoms with Crippen LogP contribution in [-0.2, 0) is 17.8 Å². The van der Waals surface area contributed by atoms with E-state index in [2.05, 4.69) is 48.6 Å². The van der Waals surface area contributed by atoms with E-state index in [1.54, 1.807) is 0 Å². The first-order valence-electron chi connectivity index (χ1n) is 9.66. The Bertz CT molecular complexity index is 869. The molecule has 1 aliphatic heterocycles. The molecule has 3 aromatic rings. The molecule has 1 saturated heterocycles. The highest BCUT2D eigenvalue weighted by molar-refractivity contribution is 5.60. The molecule has 0 saturated carbocycles. The molecule has 0 spiro atoms. The summed E-state index contributed by atoms with van der Waals surface area (Å²) in [7, 11) is 0. The van der Waals surface area contributed by atoms with Crippen LogP contribution >= 0.6 is 0 Å². The molecule has 0 bridgehead atoms. The Kier molecular flexibility index (Phi) is 5.61. The highest BCUT2D eigenvalue weighted by atomic mass is 16.5. The summed E-state index contributed by atoms with van der Waals surface area (Å²) >= 11 is 0. The first-order chi connectivity index (χ1) is 13.3. The maximum absolute atomic E-state index is 5.70. The Labute approximate surface area is 160 Å². The number of ether oxygens (including phenoxy) is 1. The summed E-state index contributed by atoms with van der Waals surface area (Å²) < 4.78 is 5.70. The number of nitrogens with one attached hydrogen (secondary N) is 1. The summed E-state index contributed by atoms with van der Waals surface area (Å²) in [6.45, 7) is 5.24. The van der Waals surface area contributed by atoms with Crippen molar-refractivity contribution in [1.82, 2.24) is 20.3 Å². The third-order valence-electron chi connectivity index (χ3n) is 5.03. The molecular formula is C22H26N4O. The molecule has 5 nitrogen and oxygen atoms in total. The number of aromatic nitrogens is 3. The van der Waals surface area contributed by atoms with Crippen molar-refractivity contribution in [1.29, 1.82) is 0 Å². The monoisotopic (exact) mass is 362 g/mol. The average Bonchev–Trinajstić information content (AvgIpc) is 3.35. The molecule has 1 aromatic heterocycles. The van der Waals surface area contributed by atoms with Gasteiger partial charge in [-0.15, -0.1) is 0 Å². The second-order valence-corrected chi connectivity index (χ2v) is 7.08. The molecule has 0 unspecified atom stereocenters. The van der Waals surface area contributed by atoms with Crippen molar-refractivity contribution in [3.63, 3.8) is 0 Å². The van der Waals surface area contributed by atoms with Crippen molar-refractivity contribution in [3.05, 3.63) is 71.4 Å². The Balaban J connectivity index is 1.54. The van der Waals surface area contributed by atoms with Crippen molar-refractivity contribution in [2.45, 2.75) is 39.0 Å². The lowest BCUT2D eigenvalue weighted by atomic mass is 10.1. The van der Waals surface area contributed by atoms with E-state index in [-0.39, 0.29) is 0 Å². The van der Waals surface area contributed by atoms with Crippen molar-refractivity contribution in [2.75, 3.05) is 13.2 Å². The average molecular weight is 362 g/mol. The van der Waals surface area contributed by atoms with Gasteiger partial charge in [0.25, 0.3) is 0 Å². The number of hydrogen-bond donors (Lipinski definition) is 1. The molecule has 1 N–H and O–H groups in total. The van der Waals surface area contributed by atoms with E-state index in [0.29, 0.717) is 19.2 Å². The van der Waals surface area contributed by atoms with Gasteiger partial charge in [0.15, 0.2) is 0 Å². The lowest BCUT2D eigenvalue weighted by Gasteiger charge is -2.10.